The summed E-state index contributed by atoms with van der Waals surface area (Å²) in [5.74, 6) is -0.746. The van der Waals surface area contributed by atoms with Gasteiger partial charge in [-0.2, -0.15) is 4.31 Å². The average Bonchev–Trinajstić information content (AvgIpc) is 2.81. The van der Waals surface area contributed by atoms with Gasteiger partial charge in [-0.15, -0.1) is 0 Å². The number of aryl methyl sites for hydroxylation is 2. The Morgan fingerprint density at radius 2 is 1.50 bits per heavy atom. The molecule has 0 unspecified atom stereocenters. The van der Waals surface area contributed by atoms with E-state index >= 15 is 0 Å². The highest BCUT2D eigenvalue weighted by Gasteiger charge is 2.51. The number of nitrogens with one attached hydrogen (secondary N) is 1. The summed E-state index contributed by atoms with van der Waals surface area (Å²) in [7, 11) is -3.96. The number of carbonyl (C=O) groups is 2. The van der Waals surface area contributed by atoms with E-state index in [4.69, 9.17) is 0 Å². The topological polar surface area (TPSA) is 86.8 Å². The molecule has 2 aromatic rings. The van der Waals surface area contributed by atoms with E-state index in [0.717, 1.165) is 47.5 Å². The Balaban J connectivity index is 1.71. The Labute approximate surface area is 202 Å². The van der Waals surface area contributed by atoms with Crippen molar-refractivity contribution in [1.82, 2.24) is 9.62 Å². The van der Waals surface area contributed by atoms with Gasteiger partial charge in [-0.25, -0.2) is 8.42 Å². The van der Waals surface area contributed by atoms with Crippen molar-refractivity contribution in [3.8, 4) is 0 Å². The number of nitrogens with zero attached hydrogens (tertiary/aromatic N) is 2. The first-order chi connectivity index (χ1) is 16.1. The molecule has 7 nitrogen and oxygen atoms in total. The normalized spacial score (nSPS) is 22.6. The summed E-state index contributed by atoms with van der Waals surface area (Å²) >= 11 is 0. The molecule has 2 aliphatic rings. The summed E-state index contributed by atoms with van der Waals surface area (Å²) in [6, 6.07) is 14.0. The lowest BCUT2D eigenvalue weighted by Crippen LogP contribution is -2.70. The number of hydrogen-bond donors (Lipinski definition) is 1. The van der Waals surface area contributed by atoms with Gasteiger partial charge in [-0.1, -0.05) is 54.7 Å². The average molecular weight is 484 g/mol. The number of amides is 2. The second-order valence-corrected chi connectivity index (χ2v) is 11.7. The van der Waals surface area contributed by atoms with Crippen LogP contribution in [-0.4, -0.2) is 49.2 Å². The summed E-state index contributed by atoms with van der Waals surface area (Å²) in [4.78, 5) is 28.8. The van der Waals surface area contributed by atoms with E-state index in [2.05, 4.69) is 5.32 Å². The molecule has 0 spiro atoms. The van der Waals surface area contributed by atoms with Crippen molar-refractivity contribution in [2.24, 2.45) is 0 Å². The predicted molar refractivity (Wildman–Crippen MR) is 132 cm³/mol. The lowest BCUT2D eigenvalue weighted by molar-refractivity contribution is -0.133. The SMILES string of the molecule is Cc1ccc(N2C(=O)CN(S(=O)(=O)c3ccc(C)cc3)C[C@]2(C)C(=O)NC2CCCCC2)cc1. The molecule has 1 saturated carbocycles. The third-order valence-electron chi connectivity index (χ3n) is 6.92. The fourth-order valence-corrected chi connectivity index (χ4v) is 6.36. The first-order valence-electron chi connectivity index (χ1n) is 11.9. The molecular formula is C26H33N3O4S. The number of benzene rings is 2. The number of rotatable bonds is 5. The lowest BCUT2D eigenvalue weighted by atomic mass is 9.91. The van der Waals surface area contributed by atoms with Crippen LogP contribution in [0.2, 0.25) is 0 Å². The van der Waals surface area contributed by atoms with Crippen molar-refractivity contribution < 1.29 is 18.0 Å². The van der Waals surface area contributed by atoms with Crippen molar-refractivity contribution >= 4 is 27.5 Å². The van der Waals surface area contributed by atoms with Crippen molar-refractivity contribution in [3.63, 3.8) is 0 Å². The number of carbonyl (C=O) groups excluding carboxylic acids is 2. The molecule has 0 aromatic heterocycles. The molecule has 1 heterocycles. The molecule has 1 aliphatic carbocycles. The van der Waals surface area contributed by atoms with Crippen LogP contribution in [0, 0.1) is 13.8 Å². The van der Waals surface area contributed by atoms with Crippen LogP contribution in [0.3, 0.4) is 0 Å². The molecule has 182 valence electrons. The van der Waals surface area contributed by atoms with Crippen LogP contribution in [-0.2, 0) is 19.6 Å². The highest BCUT2D eigenvalue weighted by atomic mass is 32.2. The maximum atomic E-state index is 13.7. The third kappa shape index (κ3) is 4.74. The summed E-state index contributed by atoms with van der Waals surface area (Å²) in [6.45, 7) is 5.05. The van der Waals surface area contributed by atoms with Gasteiger partial charge in [-0.05, 0) is 57.9 Å². The summed E-state index contributed by atoms with van der Waals surface area (Å²) < 4.78 is 28.1. The largest absolute Gasteiger partial charge is 0.351 e. The Kier molecular flexibility index (Phi) is 6.82. The zero-order valence-corrected chi connectivity index (χ0v) is 20.9. The van der Waals surface area contributed by atoms with Crippen molar-refractivity contribution in [1.29, 1.82) is 0 Å². The molecular weight excluding hydrogens is 450 g/mol. The highest BCUT2D eigenvalue weighted by molar-refractivity contribution is 7.89. The molecule has 8 heteroatoms. The summed E-state index contributed by atoms with van der Waals surface area (Å²) in [5, 5.41) is 3.13. The maximum absolute atomic E-state index is 13.7. The molecule has 34 heavy (non-hydrogen) atoms. The van der Waals surface area contributed by atoms with Gasteiger partial charge < -0.3 is 5.32 Å². The molecule has 1 N–H and O–H groups in total. The summed E-state index contributed by atoms with van der Waals surface area (Å²) in [6.07, 6.45) is 5.05. The lowest BCUT2D eigenvalue weighted by Gasteiger charge is -2.47. The quantitative estimate of drug-likeness (QED) is 0.705. The van der Waals surface area contributed by atoms with E-state index in [0.29, 0.717) is 5.69 Å². The van der Waals surface area contributed by atoms with Crippen LogP contribution in [0.1, 0.15) is 50.2 Å². The predicted octanol–water partition coefficient (Wildman–Crippen LogP) is 3.55. The van der Waals surface area contributed by atoms with Gasteiger partial charge in [0.1, 0.15) is 5.54 Å². The fraction of sp³-hybridized carbons (Fsp3) is 0.462. The van der Waals surface area contributed by atoms with Crippen molar-refractivity contribution in [2.75, 3.05) is 18.0 Å². The van der Waals surface area contributed by atoms with Gasteiger partial charge >= 0.3 is 0 Å². The molecule has 0 bridgehead atoms. The number of anilines is 1. The van der Waals surface area contributed by atoms with Gasteiger partial charge in [-0.3, -0.25) is 14.5 Å². The minimum Gasteiger partial charge on any atom is -0.351 e. The molecule has 0 radical (unpaired) electrons. The third-order valence-corrected chi connectivity index (χ3v) is 8.73. The number of sulfonamides is 1. The van der Waals surface area contributed by atoms with Crippen molar-refractivity contribution in [2.45, 2.75) is 69.4 Å². The second-order valence-electron chi connectivity index (χ2n) is 9.73. The maximum Gasteiger partial charge on any atom is 0.247 e. The molecule has 4 rings (SSSR count). The Morgan fingerprint density at radius 1 is 0.941 bits per heavy atom. The first-order valence-corrected chi connectivity index (χ1v) is 13.3. The van der Waals surface area contributed by atoms with Crippen LogP contribution in [0.25, 0.3) is 0 Å². The van der Waals surface area contributed by atoms with Gasteiger partial charge in [0.05, 0.1) is 11.4 Å². The molecule has 2 aromatic carbocycles. The summed E-state index contributed by atoms with van der Waals surface area (Å²) in [5.41, 5.74) is 1.17. The second kappa shape index (κ2) is 9.50. The van der Waals surface area contributed by atoms with E-state index < -0.39 is 21.5 Å². The minimum absolute atomic E-state index is 0.0390. The zero-order chi connectivity index (χ0) is 24.5. The zero-order valence-electron chi connectivity index (χ0n) is 20.1. The van der Waals surface area contributed by atoms with Crippen LogP contribution in [0.15, 0.2) is 53.4 Å². The van der Waals surface area contributed by atoms with Gasteiger partial charge in [0.15, 0.2) is 0 Å². The monoisotopic (exact) mass is 483 g/mol. The molecule has 1 atom stereocenters. The van der Waals surface area contributed by atoms with E-state index in [1.54, 1.807) is 31.2 Å². The standard InChI is InChI=1S/C26H33N3O4S/c1-19-9-13-22(14-10-19)29-24(30)17-28(34(32,33)23-15-11-20(2)12-16-23)18-26(29,3)25(31)27-21-7-5-4-6-8-21/h9-16,21H,4-8,17-18H2,1-3H3,(H,27,31)/t26-/m1/s1. The van der Waals surface area contributed by atoms with Gasteiger partial charge in [0.25, 0.3) is 0 Å². The highest BCUT2D eigenvalue weighted by Crippen LogP contribution is 2.33. The number of piperazine rings is 1. The minimum atomic E-state index is -3.96. The van der Waals surface area contributed by atoms with Crippen molar-refractivity contribution in [3.05, 3.63) is 59.7 Å². The Hall–Kier alpha value is -2.71. The van der Waals surface area contributed by atoms with Crippen LogP contribution >= 0.6 is 0 Å². The van der Waals surface area contributed by atoms with Crippen LogP contribution in [0.4, 0.5) is 5.69 Å². The smallest absolute Gasteiger partial charge is 0.247 e. The molecule has 2 fully saturated rings. The molecule has 1 aliphatic heterocycles. The van der Waals surface area contributed by atoms with Gasteiger partial charge in [0.2, 0.25) is 21.8 Å². The Bertz CT molecular complexity index is 1160. The Morgan fingerprint density at radius 3 is 2.09 bits per heavy atom. The fourth-order valence-electron chi connectivity index (χ4n) is 4.88. The molecule has 2 amide bonds. The van der Waals surface area contributed by atoms with Gasteiger partial charge in [0, 0.05) is 18.3 Å². The molecule has 1 saturated heterocycles. The van der Waals surface area contributed by atoms with E-state index in [1.807, 2.05) is 38.1 Å². The van der Waals surface area contributed by atoms with Crippen LogP contribution in [0.5, 0.6) is 0 Å². The van der Waals surface area contributed by atoms with E-state index in [9.17, 15) is 18.0 Å². The number of hydrogen-bond acceptors (Lipinski definition) is 4. The van der Waals surface area contributed by atoms with E-state index in [-0.39, 0.29) is 29.9 Å². The first kappa shape index (κ1) is 24.4. The van der Waals surface area contributed by atoms with Crippen LogP contribution < -0.4 is 10.2 Å². The van der Waals surface area contributed by atoms with E-state index in [1.165, 1.54) is 4.90 Å².